The number of ether oxygens (including phenoxy) is 1. The fourth-order valence-electron chi connectivity index (χ4n) is 2.13. The monoisotopic (exact) mass is 374 g/mol. The molecule has 0 bridgehead atoms. The van der Waals surface area contributed by atoms with Gasteiger partial charge in [0.1, 0.15) is 6.04 Å². The minimum Gasteiger partial charge on any atom is -0.382 e. The molecular weight excluding hydrogens is 353 g/mol. The average molecular weight is 374 g/mol. The lowest BCUT2D eigenvalue weighted by atomic mass is 9.99. The highest BCUT2D eigenvalue weighted by atomic mass is 19.4. The van der Waals surface area contributed by atoms with Gasteiger partial charge in [-0.25, -0.2) is 0 Å². The van der Waals surface area contributed by atoms with Gasteiger partial charge in [0.25, 0.3) is 0 Å². The first-order valence-corrected chi connectivity index (χ1v) is 7.51. The molecule has 2 amide bonds. The van der Waals surface area contributed by atoms with Crippen LogP contribution in [0.4, 0.5) is 13.2 Å². The first kappa shape index (κ1) is 21.6. The van der Waals surface area contributed by atoms with E-state index in [-0.39, 0.29) is 18.7 Å². The van der Waals surface area contributed by atoms with Crippen molar-refractivity contribution >= 4 is 18.5 Å². The van der Waals surface area contributed by atoms with Gasteiger partial charge in [0.15, 0.2) is 0 Å². The van der Waals surface area contributed by atoms with Gasteiger partial charge in [0.05, 0.1) is 6.61 Å². The van der Waals surface area contributed by atoms with Crippen LogP contribution >= 0.6 is 0 Å². The molecule has 0 saturated heterocycles. The first-order chi connectivity index (χ1) is 12.0. The Balaban J connectivity index is 2.80. The van der Waals surface area contributed by atoms with E-state index in [1.54, 1.807) is 0 Å². The summed E-state index contributed by atoms with van der Waals surface area (Å²) < 4.78 is 44.0. The standard InChI is InChI=1S/C16H21F3N4O3/c1-10(24)23-13(9-26-3)14(25)22-8-11-4-6-12(7-5-11)15(20,21-2)16(17,18)19/h4-7,13H,2,8-9,20H2,1,3H3,(H,22,25)(H,23,24)/t13-,15?/m1/s1. The molecule has 10 heteroatoms. The maximum Gasteiger partial charge on any atom is 0.431 e. The van der Waals surface area contributed by atoms with Gasteiger partial charge >= 0.3 is 6.18 Å². The van der Waals surface area contributed by atoms with Crippen LogP contribution in [0.15, 0.2) is 29.3 Å². The molecule has 0 aliphatic carbocycles. The average Bonchev–Trinajstić information content (AvgIpc) is 2.57. The number of hydrogen-bond donors (Lipinski definition) is 3. The molecule has 1 rings (SSSR count). The second kappa shape index (κ2) is 8.77. The molecule has 0 aliphatic heterocycles. The number of hydrogen-bond acceptors (Lipinski definition) is 5. The first-order valence-electron chi connectivity index (χ1n) is 7.51. The number of aliphatic imine (C=N–C) groups is 1. The molecule has 0 aromatic heterocycles. The Hall–Kier alpha value is -2.46. The van der Waals surface area contributed by atoms with E-state index in [1.807, 2.05) is 0 Å². The van der Waals surface area contributed by atoms with Crippen LogP contribution in [0.2, 0.25) is 0 Å². The molecule has 1 unspecified atom stereocenters. The van der Waals surface area contributed by atoms with Crippen LogP contribution in [0.3, 0.4) is 0 Å². The van der Waals surface area contributed by atoms with Crippen LogP contribution in [0.25, 0.3) is 0 Å². The number of alkyl halides is 3. The smallest absolute Gasteiger partial charge is 0.382 e. The largest absolute Gasteiger partial charge is 0.431 e. The number of methoxy groups -OCH3 is 1. The number of benzene rings is 1. The molecule has 0 fully saturated rings. The van der Waals surface area contributed by atoms with E-state index in [9.17, 15) is 22.8 Å². The SMILES string of the molecule is C=NC(N)(c1ccc(CNC(=O)[C@@H](COC)NC(C)=O)cc1)C(F)(F)F. The highest BCUT2D eigenvalue weighted by molar-refractivity contribution is 5.86. The number of nitrogens with two attached hydrogens (primary N) is 1. The summed E-state index contributed by atoms with van der Waals surface area (Å²) in [5.74, 6) is -0.878. The Labute approximate surface area is 148 Å². The van der Waals surface area contributed by atoms with E-state index < -0.39 is 29.7 Å². The quantitative estimate of drug-likeness (QED) is 0.586. The third kappa shape index (κ3) is 5.27. The number of carbonyl (C=O) groups is 2. The van der Waals surface area contributed by atoms with Crippen LogP contribution in [-0.4, -0.2) is 44.5 Å². The van der Waals surface area contributed by atoms with Crippen molar-refractivity contribution in [1.82, 2.24) is 10.6 Å². The van der Waals surface area contributed by atoms with E-state index in [0.717, 1.165) is 0 Å². The Morgan fingerprint density at radius 1 is 1.31 bits per heavy atom. The van der Waals surface area contributed by atoms with Crippen molar-refractivity contribution in [2.24, 2.45) is 10.7 Å². The minimum atomic E-state index is -4.80. The predicted octanol–water partition coefficient (Wildman–Crippen LogP) is 0.828. The van der Waals surface area contributed by atoms with E-state index >= 15 is 0 Å². The van der Waals surface area contributed by atoms with Crippen molar-refractivity contribution in [2.75, 3.05) is 13.7 Å². The van der Waals surface area contributed by atoms with Gasteiger partial charge < -0.3 is 15.4 Å². The molecule has 0 radical (unpaired) electrons. The molecule has 0 aliphatic rings. The van der Waals surface area contributed by atoms with E-state index in [4.69, 9.17) is 10.5 Å². The Kier molecular flexibility index (Phi) is 7.28. The maximum atomic E-state index is 13.0. The molecule has 1 aromatic rings. The lowest BCUT2D eigenvalue weighted by Crippen LogP contribution is -2.48. The van der Waals surface area contributed by atoms with Crippen LogP contribution < -0.4 is 16.4 Å². The van der Waals surface area contributed by atoms with Gasteiger partial charge in [-0.2, -0.15) is 13.2 Å². The number of rotatable bonds is 8. The normalized spacial score (nSPS) is 14.8. The summed E-state index contributed by atoms with van der Waals surface area (Å²) in [7, 11) is 1.38. The molecule has 4 N–H and O–H groups in total. The van der Waals surface area contributed by atoms with Gasteiger partial charge in [-0.3, -0.25) is 20.3 Å². The van der Waals surface area contributed by atoms with Crippen molar-refractivity contribution < 1.29 is 27.5 Å². The van der Waals surface area contributed by atoms with Crippen molar-refractivity contribution in [3.63, 3.8) is 0 Å². The summed E-state index contributed by atoms with van der Waals surface area (Å²) >= 11 is 0. The van der Waals surface area contributed by atoms with E-state index in [1.165, 1.54) is 38.3 Å². The van der Waals surface area contributed by atoms with Gasteiger partial charge in [0, 0.05) is 26.1 Å². The lowest BCUT2D eigenvalue weighted by molar-refractivity contribution is -0.186. The van der Waals surface area contributed by atoms with Crippen molar-refractivity contribution in [3.05, 3.63) is 35.4 Å². The van der Waals surface area contributed by atoms with E-state index in [2.05, 4.69) is 22.3 Å². The van der Waals surface area contributed by atoms with Gasteiger partial charge in [-0.1, -0.05) is 24.3 Å². The van der Waals surface area contributed by atoms with Crippen LogP contribution in [0.5, 0.6) is 0 Å². The Bertz CT molecular complexity index is 649. The topological polar surface area (TPSA) is 106 Å². The molecule has 144 valence electrons. The second-order valence-electron chi connectivity index (χ2n) is 5.55. The summed E-state index contributed by atoms with van der Waals surface area (Å²) in [5.41, 5.74) is 2.67. The third-order valence-corrected chi connectivity index (χ3v) is 3.57. The molecular formula is C16H21F3N4O3. The van der Waals surface area contributed by atoms with Crippen molar-refractivity contribution in [1.29, 1.82) is 0 Å². The third-order valence-electron chi connectivity index (χ3n) is 3.57. The lowest BCUT2D eigenvalue weighted by Gasteiger charge is -2.27. The molecule has 26 heavy (non-hydrogen) atoms. The van der Waals surface area contributed by atoms with Crippen molar-refractivity contribution in [2.45, 2.75) is 31.3 Å². The van der Waals surface area contributed by atoms with Crippen molar-refractivity contribution in [3.8, 4) is 0 Å². The molecule has 1 aromatic carbocycles. The fourth-order valence-corrected chi connectivity index (χ4v) is 2.13. The Morgan fingerprint density at radius 3 is 2.31 bits per heavy atom. The molecule has 0 spiro atoms. The number of halogens is 3. The van der Waals surface area contributed by atoms with Crippen LogP contribution in [0.1, 0.15) is 18.1 Å². The fraction of sp³-hybridized carbons (Fsp3) is 0.438. The molecule has 7 nitrogen and oxygen atoms in total. The predicted molar refractivity (Wildman–Crippen MR) is 89.2 cm³/mol. The molecule has 2 atom stereocenters. The Morgan fingerprint density at radius 2 is 1.88 bits per heavy atom. The molecule has 0 heterocycles. The van der Waals surface area contributed by atoms with Gasteiger partial charge in [0.2, 0.25) is 17.5 Å². The zero-order valence-corrected chi connectivity index (χ0v) is 14.4. The summed E-state index contributed by atoms with van der Waals surface area (Å²) in [5, 5.41) is 5.00. The summed E-state index contributed by atoms with van der Waals surface area (Å²) in [6, 6.07) is 4.24. The maximum absolute atomic E-state index is 13.0. The van der Waals surface area contributed by atoms with E-state index in [0.29, 0.717) is 5.56 Å². The van der Waals surface area contributed by atoms with Crippen LogP contribution in [0, 0.1) is 0 Å². The number of nitrogens with one attached hydrogen (secondary N) is 2. The van der Waals surface area contributed by atoms with Gasteiger partial charge in [-0.15, -0.1) is 0 Å². The van der Waals surface area contributed by atoms with Gasteiger partial charge in [-0.05, 0) is 12.3 Å². The number of amides is 2. The molecule has 0 saturated carbocycles. The summed E-state index contributed by atoms with van der Waals surface area (Å²) in [6.45, 7) is 4.21. The number of nitrogens with zero attached hydrogens (tertiary/aromatic N) is 1. The van der Waals surface area contributed by atoms with Crippen LogP contribution in [-0.2, 0) is 26.5 Å². The zero-order valence-electron chi connectivity index (χ0n) is 14.4. The number of carbonyl (C=O) groups excluding carboxylic acids is 2. The highest BCUT2D eigenvalue weighted by Gasteiger charge is 2.53. The summed E-state index contributed by atoms with van der Waals surface area (Å²) in [4.78, 5) is 26.1. The summed E-state index contributed by atoms with van der Waals surface area (Å²) in [6.07, 6.45) is -4.80. The highest BCUT2D eigenvalue weighted by Crippen LogP contribution is 2.37. The zero-order chi connectivity index (χ0) is 20.0. The minimum absolute atomic E-state index is 0.0172. The second-order valence-corrected chi connectivity index (χ2v) is 5.55.